The number of rotatable bonds is 7. The van der Waals surface area contributed by atoms with E-state index in [1.807, 2.05) is 24.3 Å². The maximum Gasteiger partial charge on any atom is 0.161 e. The summed E-state index contributed by atoms with van der Waals surface area (Å²) in [5, 5.41) is 0. The van der Waals surface area contributed by atoms with Gasteiger partial charge in [0.15, 0.2) is 11.5 Å². The van der Waals surface area contributed by atoms with Crippen molar-refractivity contribution in [3.8, 4) is 11.5 Å². The van der Waals surface area contributed by atoms with Crippen LogP contribution in [0.15, 0.2) is 24.3 Å². The maximum absolute atomic E-state index is 5.48. The first kappa shape index (κ1) is 11.8. The molecule has 0 saturated heterocycles. The highest BCUT2D eigenvalue weighted by atomic mass is 16.5. The number of hydrogen-bond donors (Lipinski definition) is 1. The number of nitrogens with two attached hydrogens (primary N) is 1. The molecule has 0 aromatic heterocycles. The average molecular weight is 211 g/mol. The van der Waals surface area contributed by atoms with Crippen LogP contribution in [0.1, 0.15) is 0 Å². The molecule has 0 aliphatic heterocycles. The molecule has 84 valence electrons. The van der Waals surface area contributed by atoms with Gasteiger partial charge in [0, 0.05) is 6.54 Å². The molecule has 0 bridgehead atoms. The normalized spacial score (nSPS) is 10.0. The van der Waals surface area contributed by atoms with Gasteiger partial charge in [-0.2, -0.15) is 0 Å². The number of para-hydroxylation sites is 2. The first-order valence-corrected chi connectivity index (χ1v) is 4.92. The third-order valence-electron chi connectivity index (χ3n) is 1.82. The van der Waals surface area contributed by atoms with Gasteiger partial charge in [-0.1, -0.05) is 12.1 Å². The Morgan fingerprint density at radius 2 is 1.80 bits per heavy atom. The van der Waals surface area contributed by atoms with Gasteiger partial charge in [-0.15, -0.1) is 0 Å². The van der Waals surface area contributed by atoms with Crippen molar-refractivity contribution in [2.45, 2.75) is 0 Å². The third-order valence-corrected chi connectivity index (χ3v) is 1.82. The van der Waals surface area contributed by atoms with E-state index in [0.29, 0.717) is 26.4 Å². The lowest BCUT2D eigenvalue weighted by Gasteiger charge is -2.10. The fourth-order valence-electron chi connectivity index (χ4n) is 1.13. The minimum Gasteiger partial charge on any atom is -0.493 e. The van der Waals surface area contributed by atoms with Crippen molar-refractivity contribution in [2.24, 2.45) is 5.73 Å². The second kappa shape index (κ2) is 7.09. The summed E-state index contributed by atoms with van der Waals surface area (Å²) >= 11 is 0. The van der Waals surface area contributed by atoms with Crippen LogP contribution in [0, 0.1) is 0 Å². The fourth-order valence-corrected chi connectivity index (χ4v) is 1.13. The van der Waals surface area contributed by atoms with Crippen molar-refractivity contribution in [1.82, 2.24) is 0 Å². The van der Waals surface area contributed by atoms with Gasteiger partial charge in [0.05, 0.1) is 20.3 Å². The molecule has 0 fully saturated rings. The van der Waals surface area contributed by atoms with E-state index in [2.05, 4.69) is 0 Å². The topological polar surface area (TPSA) is 53.7 Å². The smallest absolute Gasteiger partial charge is 0.161 e. The Kier molecular flexibility index (Phi) is 5.58. The zero-order chi connectivity index (χ0) is 10.9. The van der Waals surface area contributed by atoms with E-state index >= 15 is 0 Å². The van der Waals surface area contributed by atoms with E-state index in [4.69, 9.17) is 19.9 Å². The van der Waals surface area contributed by atoms with Crippen molar-refractivity contribution < 1.29 is 14.2 Å². The van der Waals surface area contributed by atoms with Gasteiger partial charge in [-0.25, -0.2) is 0 Å². The van der Waals surface area contributed by atoms with Crippen molar-refractivity contribution in [3.63, 3.8) is 0 Å². The molecule has 1 aromatic carbocycles. The van der Waals surface area contributed by atoms with Crippen molar-refractivity contribution in [1.29, 1.82) is 0 Å². The summed E-state index contributed by atoms with van der Waals surface area (Å²) in [6.45, 7) is 2.14. The summed E-state index contributed by atoms with van der Waals surface area (Å²) < 4.78 is 15.8. The SMILES string of the molecule is COc1ccccc1OCCOCCN. The highest BCUT2D eigenvalue weighted by Crippen LogP contribution is 2.25. The molecule has 2 N–H and O–H groups in total. The van der Waals surface area contributed by atoms with E-state index in [1.165, 1.54) is 0 Å². The predicted molar refractivity (Wildman–Crippen MR) is 58.4 cm³/mol. The Bertz CT molecular complexity index is 278. The van der Waals surface area contributed by atoms with Crippen LogP contribution in [0.5, 0.6) is 11.5 Å². The highest BCUT2D eigenvalue weighted by Gasteiger charge is 2.01. The molecule has 0 aliphatic rings. The standard InChI is InChI=1S/C11H17NO3/c1-13-10-4-2-3-5-11(10)15-9-8-14-7-6-12/h2-5H,6-9,12H2,1H3. The third kappa shape index (κ3) is 4.18. The first-order chi connectivity index (χ1) is 7.38. The molecule has 0 unspecified atom stereocenters. The first-order valence-electron chi connectivity index (χ1n) is 4.92. The largest absolute Gasteiger partial charge is 0.493 e. The minimum absolute atomic E-state index is 0.500. The molecule has 0 atom stereocenters. The molecule has 0 aliphatic carbocycles. The summed E-state index contributed by atoms with van der Waals surface area (Å²) in [6.07, 6.45) is 0. The molecule has 0 spiro atoms. The molecule has 4 heteroatoms. The van der Waals surface area contributed by atoms with Crippen LogP contribution in [0.2, 0.25) is 0 Å². The zero-order valence-corrected chi connectivity index (χ0v) is 8.94. The Hall–Kier alpha value is -1.26. The van der Waals surface area contributed by atoms with Crippen LogP contribution in [0.3, 0.4) is 0 Å². The summed E-state index contributed by atoms with van der Waals surface area (Å²) in [5.41, 5.74) is 5.28. The predicted octanol–water partition coefficient (Wildman–Crippen LogP) is 1.05. The number of hydrogen-bond acceptors (Lipinski definition) is 4. The second-order valence-electron chi connectivity index (χ2n) is 2.90. The number of ether oxygens (including phenoxy) is 3. The summed E-state index contributed by atoms with van der Waals surface area (Å²) in [4.78, 5) is 0. The van der Waals surface area contributed by atoms with E-state index in [0.717, 1.165) is 11.5 Å². The van der Waals surface area contributed by atoms with Crippen molar-refractivity contribution in [3.05, 3.63) is 24.3 Å². The van der Waals surface area contributed by atoms with E-state index in [1.54, 1.807) is 7.11 Å². The van der Waals surface area contributed by atoms with Gasteiger partial charge in [-0.3, -0.25) is 0 Å². The van der Waals surface area contributed by atoms with Crippen LogP contribution >= 0.6 is 0 Å². The lowest BCUT2D eigenvalue weighted by atomic mass is 10.3. The Morgan fingerprint density at radius 3 is 2.47 bits per heavy atom. The molecular formula is C11H17NO3. The number of benzene rings is 1. The highest BCUT2D eigenvalue weighted by molar-refractivity contribution is 5.39. The van der Waals surface area contributed by atoms with Gasteiger partial charge in [0.25, 0.3) is 0 Å². The Labute approximate surface area is 89.9 Å². The van der Waals surface area contributed by atoms with Crippen LogP contribution in [-0.4, -0.2) is 33.5 Å². The Balaban J connectivity index is 2.30. The summed E-state index contributed by atoms with van der Waals surface area (Å²) in [6, 6.07) is 7.52. The lowest BCUT2D eigenvalue weighted by molar-refractivity contribution is 0.104. The lowest BCUT2D eigenvalue weighted by Crippen LogP contribution is -2.13. The number of methoxy groups -OCH3 is 1. The molecule has 4 nitrogen and oxygen atoms in total. The average Bonchev–Trinajstić information content (AvgIpc) is 2.29. The molecule has 15 heavy (non-hydrogen) atoms. The molecule has 0 saturated carbocycles. The maximum atomic E-state index is 5.48. The monoisotopic (exact) mass is 211 g/mol. The fraction of sp³-hybridized carbons (Fsp3) is 0.455. The van der Waals surface area contributed by atoms with Crippen molar-refractivity contribution >= 4 is 0 Å². The van der Waals surface area contributed by atoms with E-state index in [-0.39, 0.29) is 0 Å². The molecule has 0 heterocycles. The van der Waals surface area contributed by atoms with Crippen LogP contribution < -0.4 is 15.2 Å². The van der Waals surface area contributed by atoms with Crippen LogP contribution in [0.4, 0.5) is 0 Å². The van der Waals surface area contributed by atoms with Gasteiger partial charge < -0.3 is 19.9 Å². The molecular weight excluding hydrogens is 194 g/mol. The Morgan fingerprint density at radius 1 is 1.07 bits per heavy atom. The molecule has 0 amide bonds. The van der Waals surface area contributed by atoms with Crippen molar-refractivity contribution in [2.75, 3.05) is 33.5 Å². The van der Waals surface area contributed by atoms with Crippen LogP contribution in [-0.2, 0) is 4.74 Å². The van der Waals surface area contributed by atoms with Gasteiger partial charge >= 0.3 is 0 Å². The second-order valence-corrected chi connectivity index (χ2v) is 2.90. The van der Waals surface area contributed by atoms with Gasteiger partial charge in [0.2, 0.25) is 0 Å². The van der Waals surface area contributed by atoms with E-state index < -0.39 is 0 Å². The summed E-state index contributed by atoms with van der Waals surface area (Å²) in [5.74, 6) is 1.47. The molecule has 1 aromatic rings. The van der Waals surface area contributed by atoms with E-state index in [9.17, 15) is 0 Å². The van der Waals surface area contributed by atoms with Gasteiger partial charge in [0.1, 0.15) is 6.61 Å². The zero-order valence-electron chi connectivity index (χ0n) is 8.94. The summed E-state index contributed by atoms with van der Waals surface area (Å²) in [7, 11) is 1.62. The van der Waals surface area contributed by atoms with Crippen LogP contribution in [0.25, 0.3) is 0 Å². The quantitative estimate of drug-likeness (QED) is 0.685. The minimum atomic E-state index is 0.500. The van der Waals surface area contributed by atoms with Gasteiger partial charge in [-0.05, 0) is 12.1 Å². The molecule has 0 radical (unpaired) electrons. The molecule has 1 rings (SSSR count).